The molecule has 0 bridgehead atoms. The van der Waals surface area contributed by atoms with E-state index in [0.717, 1.165) is 101 Å². The minimum atomic E-state index is -4.74. The van der Waals surface area contributed by atoms with Gasteiger partial charge in [-0.05, 0) is 113 Å². The van der Waals surface area contributed by atoms with Crippen molar-refractivity contribution in [3.8, 4) is 79.4 Å². The Labute approximate surface area is 399 Å². The first-order chi connectivity index (χ1) is 34.2. The molecule has 0 aliphatic heterocycles. The molecule has 4 heterocycles. The second kappa shape index (κ2) is 16.6. The summed E-state index contributed by atoms with van der Waals surface area (Å²) in [6, 6.07) is 67.8. The molecule has 0 amide bonds. The molecule has 0 aliphatic rings. The first-order valence-electron chi connectivity index (χ1n) is 22.6. The number of hydrogen-bond donors (Lipinski definition) is 0. The van der Waals surface area contributed by atoms with E-state index in [4.69, 9.17) is 0 Å². The number of halogens is 3. The van der Waals surface area contributed by atoms with Gasteiger partial charge in [-0.1, -0.05) is 115 Å². The van der Waals surface area contributed by atoms with Gasteiger partial charge < -0.3 is 9.13 Å². The topological polar surface area (TPSA) is 83.2 Å². The summed E-state index contributed by atoms with van der Waals surface area (Å²) in [4.78, 5) is 9.31. The van der Waals surface area contributed by atoms with E-state index in [0.29, 0.717) is 16.9 Å². The van der Waals surface area contributed by atoms with Crippen molar-refractivity contribution >= 4 is 43.6 Å². The standard InChI is InChI=1S/C61H35F3N6/c62-61(63,64)46-30-38(36-65)29-45(31-46)47-21-24-59(69-55-17-9-7-15-48(55)50-32-41(19-22-57(50)69)43-25-27-67-53(34-43)39-11-3-1-4-12-39)52(37-66)60(47)70-56-18-10-8-16-49(56)51-33-42(20-23-58(51)70)44-26-28-68-54(35-44)40-13-5-2-6-14-40/h1-35H. The number of nitrogens with zero attached hydrogens (tertiary/aromatic N) is 6. The predicted molar refractivity (Wildman–Crippen MR) is 272 cm³/mol. The summed E-state index contributed by atoms with van der Waals surface area (Å²) >= 11 is 0. The van der Waals surface area contributed by atoms with Crippen molar-refractivity contribution < 1.29 is 13.2 Å². The van der Waals surface area contributed by atoms with Crippen LogP contribution < -0.4 is 0 Å². The monoisotopic (exact) mass is 908 g/mol. The van der Waals surface area contributed by atoms with E-state index in [2.05, 4.69) is 63.1 Å². The van der Waals surface area contributed by atoms with E-state index in [9.17, 15) is 23.7 Å². The Morgan fingerprint density at radius 3 is 1.44 bits per heavy atom. The van der Waals surface area contributed by atoms with E-state index >= 15 is 0 Å². The molecule has 330 valence electrons. The molecule has 0 N–H and O–H groups in total. The maximum atomic E-state index is 14.6. The van der Waals surface area contributed by atoms with Gasteiger partial charge >= 0.3 is 6.18 Å². The van der Waals surface area contributed by atoms with Gasteiger partial charge in [0.2, 0.25) is 0 Å². The van der Waals surface area contributed by atoms with E-state index in [1.807, 2.05) is 144 Å². The van der Waals surface area contributed by atoms with Crippen LogP contribution in [0.5, 0.6) is 0 Å². The van der Waals surface area contributed by atoms with Gasteiger partial charge in [-0.2, -0.15) is 23.7 Å². The summed E-state index contributed by atoms with van der Waals surface area (Å²) in [5.74, 6) is 0. The second-order valence-corrected chi connectivity index (χ2v) is 17.1. The van der Waals surface area contributed by atoms with Gasteiger partial charge in [-0.25, -0.2) is 0 Å². The fourth-order valence-corrected chi connectivity index (χ4v) is 9.91. The molecule has 70 heavy (non-hydrogen) atoms. The zero-order valence-corrected chi connectivity index (χ0v) is 37.0. The van der Waals surface area contributed by atoms with Gasteiger partial charge in [0.1, 0.15) is 11.6 Å². The lowest BCUT2D eigenvalue weighted by Crippen LogP contribution is -2.08. The molecule has 12 rings (SSSR count). The van der Waals surface area contributed by atoms with Crippen molar-refractivity contribution in [2.75, 3.05) is 0 Å². The van der Waals surface area contributed by atoms with E-state index in [-0.39, 0.29) is 16.7 Å². The number of benzene rings is 8. The highest BCUT2D eigenvalue weighted by molar-refractivity contribution is 6.13. The second-order valence-electron chi connectivity index (χ2n) is 17.1. The summed E-state index contributed by atoms with van der Waals surface area (Å²) in [6.07, 6.45) is -1.13. The smallest absolute Gasteiger partial charge is 0.308 e. The Kier molecular flexibility index (Phi) is 9.94. The van der Waals surface area contributed by atoms with Crippen LogP contribution in [0, 0.1) is 22.7 Å². The van der Waals surface area contributed by atoms with Crippen molar-refractivity contribution in [3.05, 3.63) is 229 Å². The van der Waals surface area contributed by atoms with Crippen molar-refractivity contribution in [2.24, 2.45) is 0 Å². The van der Waals surface area contributed by atoms with Crippen LogP contribution in [0.4, 0.5) is 13.2 Å². The number of pyridine rings is 2. The van der Waals surface area contributed by atoms with Gasteiger partial charge in [0.05, 0.1) is 62.0 Å². The Hall–Kier alpha value is -9.57. The summed E-state index contributed by atoms with van der Waals surface area (Å²) in [7, 11) is 0. The number of rotatable bonds is 7. The molecule has 0 radical (unpaired) electrons. The number of fused-ring (bicyclic) bond motifs is 6. The molecular formula is C61H35F3N6. The predicted octanol–water partition coefficient (Wildman–Crippen LogP) is 15.8. The molecular weight excluding hydrogens is 874 g/mol. The number of aromatic nitrogens is 4. The third-order valence-corrected chi connectivity index (χ3v) is 13.1. The number of nitriles is 2. The van der Waals surface area contributed by atoms with Crippen molar-refractivity contribution in [1.29, 1.82) is 10.5 Å². The largest absolute Gasteiger partial charge is 0.416 e. The first-order valence-corrected chi connectivity index (χ1v) is 22.6. The van der Waals surface area contributed by atoms with Crippen LogP contribution >= 0.6 is 0 Å². The Morgan fingerprint density at radius 2 is 0.900 bits per heavy atom. The highest BCUT2D eigenvalue weighted by atomic mass is 19.4. The Balaban J connectivity index is 1.12. The number of alkyl halides is 3. The van der Waals surface area contributed by atoms with Crippen LogP contribution in [0.1, 0.15) is 16.7 Å². The van der Waals surface area contributed by atoms with Gasteiger partial charge in [-0.3, -0.25) is 9.97 Å². The van der Waals surface area contributed by atoms with Gasteiger partial charge in [0.15, 0.2) is 0 Å². The molecule has 12 aromatic rings. The third-order valence-electron chi connectivity index (χ3n) is 13.1. The molecule has 0 atom stereocenters. The van der Waals surface area contributed by atoms with Crippen LogP contribution in [-0.2, 0) is 6.18 Å². The summed E-state index contributed by atoms with van der Waals surface area (Å²) in [5, 5.41) is 25.4. The van der Waals surface area contributed by atoms with Crippen LogP contribution in [-0.4, -0.2) is 19.1 Å². The Bertz CT molecular complexity index is 4140. The lowest BCUT2D eigenvalue weighted by atomic mass is 9.95. The summed E-state index contributed by atoms with van der Waals surface area (Å²) in [5.41, 5.74) is 11.2. The average Bonchev–Trinajstić information content (AvgIpc) is 3.92. The van der Waals surface area contributed by atoms with Crippen molar-refractivity contribution in [3.63, 3.8) is 0 Å². The number of para-hydroxylation sites is 2. The molecule has 4 aromatic heterocycles. The maximum Gasteiger partial charge on any atom is 0.416 e. The van der Waals surface area contributed by atoms with Crippen LogP contribution in [0.25, 0.3) is 111 Å². The quantitative estimate of drug-likeness (QED) is 0.159. The molecule has 0 spiro atoms. The lowest BCUT2D eigenvalue weighted by molar-refractivity contribution is -0.137. The molecule has 8 aromatic carbocycles. The normalized spacial score (nSPS) is 11.6. The first kappa shape index (κ1) is 41.8. The molecule has 9 heteroatoms. The molecule has 0 unspecified atom stereocenters. The molecule has 0 saturated heterocycles. The zero-order valence-electron chi connectivity index (χ0n) is 37.0. The van der Waals surface area contributed by atoms with Crippen LogP contribution in [0.2, 0.25) is 0 Å². The minimum Gasteiger partial charge on any atom is -0.308 e. The summed E-state index contributed by atoms with van der Waals surface area (Å²) in [6.45, 7) is 0. The van der Waals surface area contributed by atoms with Crippen LogP contribution in [0.15, 0.2) is 213 Å². The average molecular weight is 909 g/mol. The SMILES string of the molecule is N#Cc1cc(-c2ccc(-n3c4ccccc4c4cc(-c5ccnc(-c6ccccc6)c5)ccc43)c(C#N)c2-n2c3ccccc3c3cc(-c4ccnc(-c5ccccc5)c4)ccc32)cc(C(F)(F)F)c1. The van der Waals surface area contributed by atoms with Crippen molar-refractivity contribution in [2.45, 2.75) is 6.18 Å². The highest BCUT2D eigenvalue weighted by Gasteiger charge is 2.32. The molecule has 0 aliphatic carbocycles. The van der Waals surface area contributed by atoms with Gasteiger partial charge in [-0.15, -0.1) is 0 Å². The fraction of sp³-hybridized carbons (Fsp3) is 0.0164. The Morgan fingerprint density at radius 1 is 0.400 bits per heavy atom. The molecule has 0 saturated carbocycles. The van der Waals surface area contributed by atoms with E-state index in [1.54, 1.807) is 18.3 Å². The van der Waals surface area contributed by atoms with Crippen LogP contribution in [0.3, 0.4) is 0 Å². The number of hydrogen-bond acceptors (Lipinski definition) is 4. The maximum absolute atomic E-state index is 14.6. The minimum absolute atomic E-state index is 0.149. The lowest BCUT2D eigenvalue weighted by Gasteiger charge is -2.21. The molecule has 0 fully saturated rings. The highest BCUT2D eigenvalue weighted by Crippen LogP contribution is 2.44. The van der Waals surface area contributed by atoms with Gasteiger partial charge in [0.25, 0.3) is 0 Å². The fourth-order valence-electron chi connectivity index (χ4n) is 9.91. The zero-order chi connectivity index (χ0) is 47.5. The van der Waals surface area contributed by atoms with Gasteiger partial charge in [0, 0.05) is 50.6 Å². The van der Waals surface area contributed by atoms with E-state index in [1.165, 1.54) is 6.07 Å². The molecule has 6 nitrogen and oxygen atoms in total. The van der Waals surface area contributed by atoms with Crippen molar-refractivity contribution in [1.82, 2.24) is 19.1 Å². The third kappa shape index (κ3) is 7.04. The summed E-state index contributed by atoms with van der Waals surface area (Å²) < 4.78 is 48.0. The van der Waals surface area contributed by atoms with E-state index < -0.39 is 11.7 Å².